The summed E-state index contributed by atoms with van der Waals surface area (Å²) in [6, 6.07) is 15.1. The summed E-state index contributed by atoms with van der Waals surface area (Å²) in [5.74, 6) is -1.87. The molecule has 262 valence electrons. The topological polar surface area (TPSA) is 196 Å². The molecule has 5 rings (SSSR count). The number of Topliss-reactive ketones (excluding diaryl/α,β-unsaturated/α-hetero) is 2. The number of aliphatic imine (C=N–C) groups is 1. The number of carbonyl (C=O) groups excluding carboxylic acids is 5. The van der Waals surface area contributed by atoms with E-state index in [1.165, 1.54) is 4.90 Å². The van der Waals surface area contributed by atoms with E-state index in [1.54, 1.807) is 30.3 Å². The van der Waals surface area contributed by atoms with Crippen molar-refractivity contribution in [3.8, 4) is 0 Å². The molecule has 13 nitrogen and oxygen atoms in total. The van der Waals surface area contributed by atoms with Gasteiger partial charge in [-0.3, -0.25) is 29.1 Å². The number of nitrogens with zero attached hydrogens (tertiary/aromatic N) is 2. The van der Waals surface area contributed by atoms with Crippen molar-refractivity contribution in [3.63, 3.8) is 0 Å². The number of fused-ring (bicyclic) bond motifs is 1. The second-order valence-electron chi connectivity index (χ2n) is 13.0. The van der Waals surface area contributed by atoms with Crippen molar-refractivity contribution >= 4 is 36.0 Å². The van der Waals surface area contributed by atoms with Crippen LogP contribution in [0.2, 0.25) is 0 Å². The number of hydrogen-bond acceptors (Lipinski definition) is 9. The van der Waals surface area contributed by atoms with Crippen LogP contribution in [0, 0.1) is 11.8 Å². The van der Waals surface area contributed by atoms with Crippen LogP contribution in [0.4, 0.5) is 4.79 Å². The fourth-order valence-electron chi connectivity index (χ4n) is 7.44. The Hall–Kier alpha value is -4.78. The fourth-order valence-corrected chi connectivity index (χ4v) is 7.44. The van der Waals surface area contributed by atoms with Crippen LogP contribution in [-0.4, -0.2) is 78.2 Å². The number of carbonyl (C=O) groups is 5. The third-order valence-electron chi connectivity index (χ3n) is 9.84. The molecule has 3 fully saturated rings. The summed E-state index contributed by atoms with van der Waals surface area (Å²) in [5, 5.41) is 6.34. The van der Waals surface area contributed by atoms with E-state index in [-0.39, 0.29) is 56.8 Å². The van der Waals surface area contributed by atoms with Gasteiger partial charge in [0.25, 0.3) is 6.47 Å². The van der Waals surface area contributed by atoms with E-state index < -0.39 is 47.9 Å². The molecule has 0 bridgehead atoms. The van der Waals surface area contributed by atoms with Gasteiger partial charge in [-0.15, -0.1) is 0 Å². The fraction of sp³-hybridized carbons (Fsp3) is 0.500. The molecular formula is C36H46N6O7. The summed E-state index contributed by atoms with van der Waals surface area (Å²) in [5.41, 5.74) is 12.2. The first-order valence-electron chi connectivity index (χ1n) is 17.1. The average Bonchev–Trinajstić information content (AvgIpc) is 3.76. The van der Waals surface area contributed by atoms with Crippen LogP contribution in [-0.2, 0) is 35.3 Å². The van der Waals surface area contributed by atoms with Crippen LogP contribution < -0.4 is 22.1 Å². The van der Waals surface area contributed by atoms with Gasteiger partial charge in [0, 0.05) is 24.7 Å². The Balaban J connectivity index is 1.39. The Kier molecular flexibility index (Phi) is 12.4. The van der Waals surface area contributed by atoms with Gasteiger partial charge in [0.2, 0.25) is 5.91 Å². The Bertz CT molecular complexity index is 1470. The van der Waals surface area contributed by atoms with Crippen molar-refractivity contribution in [2.24, 2.45) is 28.3 Å². The minimum Gasteiger partial charge on any atom is -0.452 e. The van der Waals surface area contributed by atoms with Gasteiger partial charge < -0.3 is 31.6 Å². The highest BCUT2D eigenvalue weighted by Gasteiger charge is 2.50. The summed E-state index contributed by atoms with van der Waals surface area (Å²) in [6.45, 7) is 0.497. The minimum atomic E-state index is -1.30. The van der Waals surface area contributed by atoms with E-state index in [2.05, 4.69) is 15.6 Å². The molecule has 2 aromatic carbocycles. The van der Waals surface area contributed by atoms with E-state index >= 15 is 0 Å². The summed E-state index contributed by atoms with van der Waals surface area (Å²) < 4.78 is 10.9. The first-order valence-corrected chi connectivity index (χ1v) is 17.1. The van der Waals surface area contributed by atoms with Crippen molar-refractivity contribution in [1.82, 2.24) is 15.5 Å². The molecule has 0 spiro atoms. The molecule has 6 N–H and O–H groups in total. The Morgan fingerprint density at radius 2 is 1.71 bits per heavy atom. The van der Waals surface area contributed by atoms with Crippen LogP contribution in [0.3, 0.4) is 0 Å². The number of guanidine groups is 1. The summed E-state index contributed by atoms with van der Waals surface area (Å²) in [6.07, 6.45) is 3.66. The highest BCUT2D eigenvalue weighted by Crippen LogP contribution is 2.36. The molecule has 2 aromatic rings. The maximum absolute atomic E-state index is 14.3. The Morgan fingerprint density at radius 3 is 2.41 bits per heavy atom. The maximum Gasteiger partial charge on any atom is 0.410 e. The average molecular weight is 675 g/mol. The molecule has 13 heteroatoms. The zero-order valence-electron chi connectivity index (χ0n) is 27.6. The quantitative estimate of drug-likeness (QED) is 0.0943. The first-order chi connectivity index (χ1) is 23.8. The molecule has 5 unspecified atom stereocenters. The van der Waals surface area contributed by atoms with E-state index in [9.17, 15) is 24.0 Å². The largest absolute Gasteiger partial charge is 0.452 e. The van der Waals surface area contributed by atoms with Crippen molar-refractivity contribution < 1.29 is 33.4 Å². The Labute approximate surface area is 286 Å². The molecule has 0 aromatic heterocycles. The van der Waals surface area contributed by atoms with Crippen molar-refractivity contribution in [3.05, 3.63) is 71.8 Å². The summed E-state index contributed by atoms with van der Waals surface area (Å²) >= 11 is 0. The molecule has 1 aliphatic carbocycles. The number of nitrogens with one attached hydrogen (secondary N) is 2. The zero-order chi connectivity index (χ0) is 34.8. The van der Waals surface area contributed by atoms with E-state index in [1.807, 2.05) is 30.3 Å². The number of ether oxygens (including phenoxy) is 2. The van der Waals surface area contributed by atoms with Gasteiger partial charge in [0.1, 0.15) is 12.6 Å². The van der Waals surface area contributed by atoms with Gasteiger partial charge >= 0.3 is 6.09 Å². The zero-order valence-corrected chi connectivity index (χ0v) is 27.6. The van der Waals surface area contributed by atoms with Gasteiger partial charge in [-0.05, 0) is 50.0 Å². The molecule has 49 heavy (non-hydrogen) atoms. The highest BCUT2D eigenvalue weighted by atomic mass is 16.6. The first kappa shape index (κ1) is 35.5. The van der Waals surface area contributed by atoms with Gasteiger partial charge in [-0.25, -0.2) is 4.79 Å². The lowest BCUT2D eigenvalue weighted by Gasteiger charge is -2.30. The monoisotopic (exact) mass is 674 g/mol. The van der Waals surface area contributed by atoms with Gasteiger partial charge in [0.15, 0.2) is 23.6 Å². The number of benzene rings is 2. The number of amides is 2. The van der Waals surface area contributed by atoms with Gasteiger partial charge in [-0.2, -0.15) is 0 Å². The van der Waals surface area contributed by atoms with Crippen molar-refractivity contribution in [2.75, 3.05) is 13.1 Å². The molecular weight excluding hydrogens is 628 g/mol. The standard InChI is InChI=1S/C36H46N6O7/c37-35(38)39-18-9-16-28(32(45)33(49-22-43)24-12-5-2-6-13-24)41-34(46)30-26(31(44)29-20-25-14-7-8-15-27(25)40-29)17-19-42(30)36(47)48-21-23-10-3-1-4-11-23/h1-6,10-13,22,25-30,33,40H,7-9,14-21H2,(H,41,46)(H4,37,38,39)/t25?,26?,27?,28-,29?,30-,33?/m0/s1. The molecule has 3 aliphatic rings. The summed E-state index contributed by atoms with van der Waals surface area (Å²) in [4.78, 5) is 72.8. The lowest BCUT2D eigenvalue weighted by Crippen LogP contribution is -2.55. The second kappa shape index (κ2) is 17.0. The van der Waals surface area contributed by atoms with Crippen LogP contribution in [0.25, 0.3) is 0 Å². The molecule has 0 radical (unpaired) electrons. The normalized spacial score (nSPS) is 24.2. The van der Waals surface area contributed by atoms with E-state index in [4.69, 9.17) is 20.9 Å². The van der Waals surface area contributed by atoms with E-state index in [0.717, 1.165) is 31.2 Å². The van der Waals surface area contributed by atoms with Crippen LogP contribution in [0.15, 0.2) is 65.7 Å². The third-order valence-corrected chi connectivity index (χ3v) is 9.84. The molecule has 2 aliphatic heterocycles. The smallest absolute Gasteiger partial charge is 0.410 e. The SMILES string of the molecule is NC(N)=NCCC[C@H](NC(=O)[C@@H]1C(C(=O)C2CC3CCCCC3N2)CCN1C(=O)OCc1ccccc1)C(=O)C(OC=O)c1ccccc1. The summed E-state index contributed by atoms with van der Waals surface area (Å²) in [7, 11) is 0. The van der Waals surface area contributed by atoms with Crippen LogP contribution in [0.5, 0.6) is 0 Å². The molecule has 2 heterocycles. The minimum absolute atomic E-state index is 0.00957. The van der Waals surface area contributed by atoms with Crippen molar-refractivity contribution in [1.29, 1.82) is 0 Å². The highest BCUT2D eigenvalue weighted by molar-refractivity contribution is 5.99. The second-order valence-corrected chi connectivity index (χ2v) is 13.0. The molecule has 1 saturated carbocycles. The van der Waals surface area contributed by atoms with Crippen molar-refractivity contribution in [2.45, 2.75) is 88.2 Å². The number of hydrogen-bond donors (Lipinski definition) is 4. The molecule has 2 saturated heterocycles. The number of likely N-dealkylation sites (tertiary alicyclic amines) is 1. The van der Waals surface area contributed by atoms with Gasteiger partial charge in [-0.1, -0.05) is 73.5 Å². The predicted octanol–water partition coefficient (Wildman–Crippen LogP) is 2.53. The van der Waals surface area contributed by atoms with Gasteiger partial charge in [0.05, 0.1) is 18.0 Å². The van der Waals surface area contributed by atoms with Crippen LogP contribution in [0.1, 0.15) is 68.6 Å². The maximum atomic E-state index is 14.3. The lowest BCUT2D eigenvalue weighted by atomic mass is 9.83. The number of ketones is 2. The van der Waals surface area contributed by atoms with Crippen LogP contribution >= 0.6 is 0 Å². The third kappa shape index (κ3) is 9.02. The number of rotatable bonds is 15. The molecule has 7 atom stereocenters. The molecule has 2 amide bonds. The van der Waals surface area contributed by atoms with E-state index in [0.29, 0.717) is 24.3 Å². The Morgan fingerprint density at radius 1 is 1.00 bits per heavy atom. The lowest BCUT2D eigenvalue weighted by molar-refractivity contribution is -0.146. The number of nitrogens with two attached hydrogens (primary N) is 2. The predicted molar refractivity (Wildman–Crippen MR) is 181 cm³/mol.